The van der Waals surface area contributed by atoms with Crippen LogP contribution in [0.4, 0.5) is 13.2 Å². The third-order valence-corrected chi connectivity index (χ3v) is 8.54. The van der Waals surface area contributed by atoms with E-state index in [1.165, 1.54) is 45.4 Å². The lowest BCUT2D eigenvalue weighted by atomic mass is 10.0. The van der Waals surface area contributed by atoms with Crippen LogP contribution < -0.4 is 4.74 Å². The van der Waals surface area contributed by atoms with Crippen LogP contribution in [-0.4, -0.2) is 64.7 Å². The number of rotatable bonds is 9. The fourth-order valence-electron chi connectivity index (χ4n) is 6.00. The molecule has 1 saturated heterocycles. The monoisotopic (exact) mass is 669 g/mol. The summed E-state index contributed by atoms with van der Waals surface area (Å²) in [6.07, 6.45) is -0.551. The topological polar surface area (TPSA) is 120 Å². The van der Waals surface area contributed by atoms with Gasteiger partial charge in [0.1, 0.15) is 29.9 Å². The number of methoxy groups -OCH3 is 2. The smallest absolute Gasteiger partial charge is 0.337 e. The summed E-state index contributed by atoms with van der Waals surface area (Å²) < 4.78 is 63.9. The normalized spacial score (nSPS) is 15.7. The summed E-state index contributed by atoms with van der Waals surface area (Å²) in [4.78, 5) is 35.3. The molecule has 3 aromatic carbocycles. The van der Waals surface area contributed by atoms with E-state index in [0.29, 0.717) is 23.4 Å². The molecule has 1 amide bonds. The molecule has 0 radical (unpaired) electrons. The van der Waals surface area contributed by atoms with Gasteiger partial charge in [-0.15, -0.1) is 0 Å². The van der Waals surface area contributed by atoms with Crippen LogP contribution in [0.5, 0.6) is 5.88 Å². The molecule has 2 atom stereocenters. The van der Waals surface area contributed by atoms with Crippen molar-refractivity contribution in [3.63, 3.8) is 0 Å². The molecule has 1 aliphatic rings. The predicted molar refractivity (Wildman–Crippen MR) is 171 cm³/mol. The number of halogens is 3. The van der Waals surface area contributed by atoms with Gasteiger partial charge in [-0.3, -0.25) is 4.79 Å². The molecule has 0 N–H and O–H groups in total. The number of fused-ring (bicyclic) bond motifs is 1. The summed E-state index contributed by atoms with van der Waals surface area (Å²) in [7, 11) is 2.81. The fourth-order valence-corrected chi connectivity index (χ4v) is 6.00. The number of benzene rings is 3. The number of amides is 1. The van der Waals surface area contributed by atoms with E-state index >= 15 is 8.78 Å². The van der Waals surface area contributed by atoms with E-state index in [1.807, 2.05) is 10.6 Å². The average molecular weight is 670 g/mol. The van der Waals surface area contributed by atoms with E-state index < -0.39 is 35.6 Å². The van der Waals surface area contributed by atoms with Crippen molar-refractivity contribution in [1.29, 1.82) is 5.26 Å². The number of imidazole rings is 1. The number of ether oxygens (including phenoxy) is 3. The van der Waals surface area contributed by atoms with Crippen LogP contribution in [-0.2, 0) is 27.3 Å². The van der Waals surface area contributed by atoms with Crippen molar-refractivity contribution in [1.82, 2.24) is 19.4 Å². The van der Waals surface area contributed by atoms with Gasteiger partial charge < -0.3 is 23.7 Å². The van der Waals surface area contributed by atoms with E-state index in [-0.39, 0.29) is 64.9 Å². The number of likely N-dealkylation sites (tertiary alicyclic amines) is 1. The maximum Gasteiger partial charge on any atom is 0.337 e. The van der Waals surface area contributed by atoms with Gasteiger partial charge in [-0.1, -0.05) is 12.1 Å². The first-order valence-electron chi connectivity index (χ1n) is 15.2. The van der Waals surface area contributed by atoms with Gasteiger partial charge in [0.2, 0.25) is 11.8 Å². The molecule has 13 heteroatoms. The van der Waals surface area contributed by atoms with Crippen molar-refractivity contribution in [3.8, 4) is 23.2 Å². The van der Waals surface area contributed by atoms with E-state index in [9.17, 15) is 14.0 Å². The number of esters is 1. The summed E-state index contributed by atoms with van der Waals surface area (Å²) in [5.74, 6) is -2.31. The Morgan fingerprint density at radius 1 is 0.939 bits per heavy atom. The second kappa shape index (κ2) is 13.8. The maximum atomic E-state index is 15.8. The van der Waals surface area contributed by atoms with Crippen LogP contribution in [0.3, 0.4) is 0 Å². The van der Waals surface area contributed by atoms with E-state index in [1.54, 1.807) is 29.2 Å². The molecule has 1 fully saturated rings. The Morgan fingerprint density at radius 2 is 1.73 bits per heavy atom. The summed E-state index contributed by atoms with van der Waals surface area (Å²) in [5.41, 5.74) is 1.72. The minimum Gasteiger partial charge on any atom is -0.473 e. The van der Waals surface area contributed by atoms with Crippen LogP contribution in [0.1, 0.15) is 45.8 Å². The second-order valence-electron chi connectivity index (χ2n) is 11.5. The molecule has 0 bridgehead atoms. The van der Waals surface area contributed by atoms with Crippen LogP contribution in [0.25, 0.3) is 22.3 Å². The zero-order valence-electron chi connectivity index (χ0n) is 26.7. The van der Waals surface area contributed by atoms with Gasteiger partial charge in [0.15, 0.2) is 0 Å². The van der Waals surface area contributed by atoms with Crippen molar-refractivity contribution < 1.29 is 37.0 Å². The quantitative estimate of drug-likeness (QED) is 0.182. The van der Waals surface area contributed by atoms with Crippen molar-refractivity contribution in [3.05, 3.63) is 112 Å². The predicted octanol–water partition coefficient (Wildman–Crippen LogP) is 5.76. The Morgan fingerprint density at radius 3 is 2.45 bits per heavy atom. The number of aromatic nitrogens is 3. The molecule has 5 aromatic rings. The third-order valence-electron chi connectivity index (χ3n) is 8.54. The van der Waals surface area contributed by atoms with Crippen molar-refractivity contribution in [2.45, 2.75) is 32.1 Å². The minimum atomic E-state index is -0.742. The lowest BCUT2D eigenvalue weighted by Gasteiger charge is -2.22. The highest BCUT2D eigenvalue weighted by Crippen LogP contribution is 2.33. The highest BCUT2D eigenvalue weighted by atomic mass is 19.1. The molecule has 3 heterocycles. The molecule has 250 valence electrons. The number of pyridine rings is 1. The van der Waals surface area contributed by atoms with Crippen LogP contribution >= 0.6 is 0 Å². The molecule has 1 aliphatic heterocycles. The third kappa shape index (κ3) is 6.68. The first-order valence-corrected chi connectivity index (χ1v) is 15.2. The Hall–Kier alpha value is -5.74. The Bertz CT molecular complexity index is 2130. The molecule has 0 spiro atoms. The Kier molecular flexibility index (Phi) is 9.33. The molecule has 2 aromatic heterocycles. The number of carbonyl (C=O) groups excluding carboxylic acids is 2. The molecule has 10 nitrogen and oxygen atoms in total. The summed E-state index contributed by atoms with van der Waals surface area (Å²) in [5, 5.41) is 8.95. The Labute approximate surface area is 279 Å². The van der Waals surface area contributed by atoms with Crippen LogP contribution in [0, 0.1) is 28.8 Å². The standard InChI is InChI=1S/C36H30F3N5O5/c1-20(45)43-17-32(33(18-43)47-2)44-31-13-22(36(46)48-3)9-10-30(31)41-34(44)14-24-12-28(39)25(15-27(24)38)29-5-4-6-35(42-29)49-19-23-8-7-21(16-40)11-26(23)37/h4-13,15,32-33H,14,17-19H2,1-3H3/t32?,33-/m0/s1. The summed E-state index contributed by atoms with van der Waals surface area (Å²) in [6.45, 7) is 1.87. The number of hydrogen-bond donors (Lipinski definition) is 0. The first kappa shape index (κ1) is 33.2. The van der Waals surface area contributed by atoms with Crippen LogP contribution in [0.15, 0.2) is 66.7 Å². The van der Waals surface area contributed by atoms with Gasteiger partial charge in [0, 0.05) is 50.7 Å². The highest BCUT2D eigenvalue weighted by Gasteiger charge is 2.37. The largest absolute Gasteiger partial charge is 0.473 e. The lowest BCUT2D eigenvalue weighted by Crippen LogP contribution is -2.27. The van der Waals surface area contributed by atoms with Gasteiger partial charge in [0.25, 0.3) is 0 Å². The maximum absolute atomic E-state index is 15.8. The zero-order chi connectivity index (χ0) is 34.8. The minimum absolute atomic E-state index is 0.0186. The van der Waals surface area contributed by atoms with E-state index in [4.69, 9.17) is 24.5 Å². The lowest BCUT2D eigenvalue weighted by molar-refractivity contribution is -0.128. The fraction of sp³-hybridized carbons (Fsp3) is 0.250. The number of nitrogens with zero attached hydrogens (tertiary/aromatic N) is 5. The summed E-state index contributed by atoms with van der Waals surface area (Å²) >= 11 is 0. The van der Waals surface area contributed by atoms with Gasteiger partial charge in [0.05, 0.1) is 53.2 Å². The van der Waals surface area contributed by atoms with Crippen molar-refractivity contribution in [2.75, 3.05) is 27.3 Å². The van der Waals surface area contributed by atoms with Gasteiger partial charge >= 0.3 is 5.97 Å². The molecule has 0 saturated carbocycles. The zero-order valence-corrected chi connectivity index (χ0v) is 26.7. The molecule has 1 unspecified atom stereocenters. The van der Waals surface area contributed by atoms with Crippen LogP contribution in [0.2, 0.25) is 0 Å². The molecule has 49 heavy (non-hydrogen) atoms. The SMILES string of the molecule is COC(=O)c1ccc2nc(Cc3cc(F)c(-c4cccc(OCc5ccc(C#N)cc5F)n4)cc3F)n(C3CN(C(C)=O)C[C@@H]3OC)c2c1. The van der Waals surface area contributed by atoms with E-state index in [0.717, 1.165) is 18.2 Å². The van der Waals surface area contributed by atoms with E-state index in [2.05, 4.69) is 4.98 Å². The van der Waals surface area contributed by atoms with Gasteiger partial charge in [-0.2, -0.15) is 5.26 Å². The molecule has 6 rings (SSSR count). The first-order chi connectivity index (χ1) is 23.6. The molecule has 0 aliphatic carbocycles. The Balaban J connectivity index is 1.32. The van der Waals surface area contributed by atoms with Crippen molar-refractivity contribution >= 4 is 22.9 Å². The van der Waals surface area contributed by atoms with Gasteiger partial charge in [-0.05, 0) is 54.1 Å². The van der Waals surface area contributed by atoms with Gasteiger partial charge in [-0.25, -0.2) is 27.9 Å². The number of carbonyl (C=O) groups is 2. The summed E-state index contributed by atoms with van der Waals surface area (Å²) in [6, 6.07) is 17.0. The highest BCUT2D eigenvalue weighted by molar-refractivity contribution is 5.93. The average Bonchev–Trinajstić information content (AvgIpc) is 3.69. The number of hydrogen-bond acceptors (Lipinski definition) is 8. The van der Waals surface area contributed by atoms with Crippen molar-refractivity contribution in [2.24, 2.45) is 0 Å². The molecular weight excluding hydrogens is 639 g/mol. The number of nitriles is 1. The second-order valence-corrected chi connectivity index (χ2v) is 11.5. The molecular formula is C36H30F3N5O5.